The molecular formula is C8H11N3O3. The molecule has 1 aromatic rings. The van der Waals surface area contributed by atoms with E-state index in [1.54, 1.807) is 11.7 Å². The number of nitrogens with zero attached hydrogens (tertiary/aromatic N) is 2. The van der Waals surface area contributed by atoms with Crippen molar-refractivity contribution in [1.82, 2.24) is 14.7 Å². The summed E-state index contributed by atoms with van der Waals surface area (Å²) in [6.07, 6.45) is -0.402. The molecule has 0 fully saturated rings. The van der Waals surface area contributed by atoms with E-state index in [4.69, 9.17) is 0 Å². The van der Waals surface area contributed by atoms with Crippen LogP contribution in [0.1, 0.15) is 11.3 Å². The molecule has 1 amide bonds. The van der Waals surface area contributed by atoms with Crippen molar-refractivity contribution in [2.45, 2.75) is 13.1 Å². The van der Waals surface area contributed by atoms with Gasteiger partial charge in [0.1, 0.15) is 0 Å². The first-order chi connectivity index (χ1) is 6.63. The molecule has 2 heterocycles. The van der Waals surface area contributed by atoms with E-state index in [0.29, 0.717) is 18.7 Å². The van der Waals surface area contributed by atoms with Crippen LogP contribution in [0.25, 0.3) is 0 Å². The summed E-state index contributed by atoms with van der Waals surface area (Å²) in [4.78, 5) is 24.0. The topological polar surface area (TPSA) is 67.3 Å². The third-order valence-corrected chi connectivity index (χ3v) is 2.42. The molecule has 76 valence electrons. The van der Waals surface area contributed by atoms with Gasteiger partial charge in [0.2, 0.25) is 0 Å². The number of aryl methyl sites for hydroxylation is 1. The minimum atomic E-state index is -0.402. The molecule has 0 aromatic carbocycles. The highest BCUT2D eigenvalue weighted by Crippen LogP contribution is 2.18. The summed E-state index contributed by atoms with van der Waals surface area (Å²) in [6, 6.07) is 0. The van der Waals surface area contributed by atoms with Crippen molar-refractivity contribution >= 4 is 6.09 Å². The van der Waals surface area contributed by atoms with Crippen LogP contribution in [0.4, 0.5) is 4.79 Å². The van der Waals surface area contributed by atoms with Crippen molar-refractivity contribution in [2.75, 3.05) is 7.11 Å². The standard InChI is InChI=1S/C8H11N3O3/c1-10-6-4-11(8(13)14-2)3-5(6)7(12)9-10/h3-4H2,1-2H3,(H,9,12). The highest BCUT2D eigenvalue weighted by Gasteiger charge is 2.28. The molecule has 1 N–H and O–H groups in total. The zero-order valence-electron chi connectivity index (χ0n) is 8.03. The van der Waals surface area contributed by atoms with E-state index in [2.05, 4.69) is 9.84 Å². The van der Waals surface area contributed by atoms with Gasteiger partial charge in [0.05, 0.1) is 31.5 Å². The Morgan fingerprint density at radius 3 is 2.79 bits per heavy atom. The van der Waals surface area contributed by atoms with Crippen molar-refractivity contribution < 1.29 is 9.53 Å². The minimum absolute atomic E-state index is 0.131. The number of fused-ring (bicyclic) bond motifs is 1. The molecule has 6 nitrogen and oxygen atoms in total. The van der Waals surface area contributed by atoms with Crippen LogP contribution in [-0.4, -0.2) is 27.9 Å². The molecule has 1 aromatic heterocycles. The number of aromatic amines is 1. The first-order valence-corrected chi connectivity index (χ1v) is 4.23. The Hall–Kier alpha value is -1.72. The van der Waals surface area contributed by atoms with E-state index in [1.807, 2.05) is 0 Å². The molecule has 0 unspecified atom stereocenters. The van der Waals surface area contributed by atoms with Crippen LogP contribution in [0, 0.1) is 0 Å². The predicted octanol–water partition coefficient (Wildman–Crippen LogP) is -0.205. The lowest BCUT2D eigenvalue weighted by Crippen LogP contribution is -2.27. The highest BCUT2D eigenvalue weighted by atomic mass is 16.5. The maximum atomic E-state index is 11.3. The fourth-order valence-electron chi connectivity index (χ4n) is 1.67. The highest BCUT2D eigenvalue weighted by molar-refractivity contribution is 5.68. The average molecular weight is 197 g/mol. The maximum Gasteiger partial charge on any atom is 0.410 e. The van der Waals surface area contributed by atoms with Gasteiger partial charge in [-0.2, -0.15) is 0 Å². The first kappa shape index (κ1) is 8.86. The van der Waals surface area contributed by atoms with E-state index in [9.17, 15) is 9.59 Å². The van der Waals surface area contributed by atoms with Gasteiger partial charge in [-0.3, -0.25) is 19.5 Å². The molecular weight excluding hydrogens is 186 g/mol. The average Bonchev–Trinajstić information content (AvgIpc) is 2.69. The van der Waals surface area contributed by atoms with E-state index in [1.165, 1.54) is 12.0 Å². The lowest BCUT2D eigenvalue weighted by molar-refractivity contribution is 0.122. The molecule has 0 bridgehead atoms. The summed E-state index contributed by atoms with van der Waals surface area (Å²) >= 11 is 0. The molecule has 0 atom stereocenters. The molecule has 0 radical (unpaired) electrons. The largest absolute Gasteiger partial charge is 0.453 e. The van der Waals surface area contributed by atoms with Gasteiger partial charge in [-0.05, 0) is 0 Å². The van der Waals surface area contributed by atoms with Crippen molar-refractivity contribution in [3.63, 3.8) is 0 Å². The van der Waals surface area contributed by atoms with E-state index in [-0.39, 0.29) is 5.56 Å². The quantitative estimate of drug-likeness (QED) is 0.626. The summed E-state index contributed by atoms with van der Waals surface area (Å²) in [7, 11) is 3.08. The normalized spacial score (nSPS) is 14.3. The van der Waals surface area contributed by atoms with Crippen LogP contribution in [0.2, 0.25) is 0 Å². The fourth-order valence-corrected chi connectivity index (χ4v) is 1.67. The molecule has 0 aliphatic carbocycles. The number of methoxy groups -OCH3 is 1. The van der Waals surface area contributed by atoms with E-state index in [0.717, 1.165) is 5.69 Å². The Balaban J connectivity index is 2.31. The maximum absolute atomic E-state index is 11.3. The van der Waals surface area contributed by atoms with Crippen molar-refractivity contribution in [3.8, 4) is 0 Å². The number of hydrogen-bond acceptors (Lipinski definition) is 3. The van der Waals surface area contributed by atoms with Gasteiger partial charge in [-0.1, -0.05) is 0 Å². The minimum Gasteiger partial charge on any atom is -0.453 e. The SMILES string of the molecule is COC(=O)N1Cc2c(n(C)[nH]c2=O)C1. The number of nitrogens with one attached hydrogen (secondary N) is 1. The van der Waals surface area contributed by atoms with Crippen LogP contribution in [0.15, 0.2) is 4.79 Å². The first-order valence-electron chi connectivity index (χ1n) is 4.23. The molecule has 6 heteroatoms. The molecule has 1 aliphatic heterocycles. The van der Waals surface area contributed by atoms with Gasteiger partial charge in [0.25, 0.3) is 5.56 Å². The number of carbonyl (C=O) groups excluding carboxylic acids is 1. The van der Waals surface area contributed by atoms with Crippen LogP contribution < -0.4 is 5.56 Å². The third kappa shape index (κ3) is 1.11. The monoisotopic (exact) mass is 197 g/mol. The number of amides is 1. The third-order valence-electron chi connectivity index (χ3n) is 2.42. The number of hydrogen-bond donors (Lipinski definition) is 1. The second-order valence-electron chi connectivity index (χ2n) is 3.25. The lowest BCUT2D eigenvalue weighted by atomic mass is 10.3. The second kappa shape index (κ2) is 2.90. The van der Waals surface area contributed by atoms with E-state index < -0.39 is 6.09 Å². The summed E-state index contributed by atoms with van der Waals surface area (Å²) in [5.74, 6) is 0. The van der Waals surface area contributed by atoms with Gasteiger partial charge < -0.3 is 4.74 Å². The Bertz CT molecular complexity index is 432. The second-order valence-corrected chi connectivity index (χ2v) is 3.25. The van der Waals surface area contributed by atoms with Gasteiger partial charge in [-0.25, -0.2) is 4.79 Å². The Labute approximate surface area is 80.1 Å². The lowest BCUT2D eigenvalue weighted by Gasteiger charge is -2.13. The fraction of sp³-hybridized carbons (Fsp3) is 0.500. The van der Waals surface area contributed by atoms with Crippen molar-refractivity contribution in [1.29, 1.82) is 0 Å². The molecule has 0 saturated heterocycles. The summed E-state index contributed by atoms with van der Waals surface area (Å²) in [5, 5.41) is 2.64. The predicted molar refractivity (Wildman–Crippen MR) is 47.7 cm³/mol. The van der Waals surface area contributed by atoms with Crippen molar-refractivity contribution in [2.24, 2.45) is 7.05 Å². The Morgan fingerprint density at radius 2 is 2.21 bits per heavy atom. The number of H-pyrrole nitrogens is 1. The summed E-state index contributed by atoms with van der Waals surface area (Å²) < 4.78 is 6.22. The van der Waals surface area contributed by atoms with Gasteiger partial charge in [0, 0.05) is 7.05 Å². The van der Waals surface area contributed by atoms with E-state index >= 15 is 0 Å². The molecule has 14 heavy (non-hydrogen) atoms. The van der Waals surface area contributed by atoms with Crippen molar-refractivity contribution in [3.05, 3.63) is 21.6 Å². The zero-order chi connectivity index (χ0) is 10.3. The summed E-state index contributed by atoms with van der Waals surface area (Å²) in [5.41, 5.74) is 1.37. The Kier molecular flexibility index (Phi) is 1.83. The van der Waals surface area contributed by atoms with Crippen LogP contribution in [-0.2, 0) is 24.9 Å². The van der Waals surface area contributed by atoms with Gasteiger partial charge >= 0.3 is 6.09 Å². The smallest absolute Gasteiger partial charge is 0.410 e. The molecule has 0 spiro atoms. The molecule has 1 aliphatic rings. The molecule has 2 rings (SSSR count). The number of ether oxygens (including phenoxy) is 1. The molecule has 0 saturated carbocycles. The zero-order valence-corrected chi connectivity index (χ0v) is 8.03. The van der Waals surface area contributed by atoms with Gasteiger partial charge in [-0.15, -0.1) is 0 Å². The number of carbonyl (C=O) groups is 1. The van der Waals surface area contributed by atoms with Crippen LogP contribution >= 0.6 is 0 Å². The number of rotatable bonds is 0. The van der Waals surface area contributed by atoms with Crippen LogP contribution in [0.5, 0.6) is 0 Å². The van der Waals surface area contributed by atoms with Crippen LogP contribution in [0.3, 0.4) is 0 Å². The summed E-state index contributed by atoms with van der Waals surface area (Å²) in [6.45, 7) is 0.759. The number of aromatic nitrogens is 2. The van der Waals surface area contributed by atoms with Gasteiger partial charge in [0.15, 0.2) is 0 Å². The Morgan fingerprint density at radius 1 is 1.50 bits per heavy atom.